The van der Waals surface area contributed by atoms with Gasteiger partial charge in [0.1, 0.15) is 29.3 Å². The van der Waals surface area contributed by atoms with Gasteiger partial charge in [0.2, 0.25) is 0 Å². The molecule has 0 spiro atoms. The molecule has 1 atom stereocenters. The number of nitrogens with two attached hydrogens (primary N) is 1. The first-order chi connectivity index (χ1) is 17.6. The first-order valence-corrected chi connectivity index (χ1v) is 11.8. The zero-order valence-electron chi connectivity index (χ0n) is 21.0. The highest BCUT2D eigenvalue weighted by Gasteiger charge is 2.28. The van der Waals surface area contributed by atoms with Gasteiger partial charge < -0.3 is 15.4 Å². The number of carbonyl (C=O) groups is 1. The second kappa shape index (κ2) is 10.3. The van der Waals surface area contributed by atoms with Crippen LogP contribution in [0.25, 0.3) is 22.2 Å². The molecule has 2 N–H and O–H groups in total. The quantitative estimate of drug-likeness (QED) is 0.355. The average molecular weight is 530 g/mol. The Bertz CT molecular complexity index is 1490. The summed E-state index contributed by atoms with van der Waals surface area (Å²) in [5.74, 6) is 0.0216. The van der Waals surface area contributed by atoms with E-state index in [0.717, 1.165) is 5.56 Å². The van der Waals surface area contributed by atoms with Gasteiger partial charge in [0.05, 0.1) is 23.1 Å². The maximum Gasteiger partial charge on any atom is 0.282 e. The second-order valence-electron chi connectivity index (χ2n) is 8.63. The van der Waals surface area contributed by atoms with Crippen LogP contribution in [-0.4, -0.2) is 56.2 Å². The van der Waals surface area contributed by atoms with Crippen molar-refractivity contribution in [2.45, 2.75) is 33.2 Å². The number of aromatic nitrogens is 5. The van der Waals surface area contributed by atoms with E-state index in [1.54, 1.807) is 39.3 Å². The minimum Gasteiger partial charge on any atom is -0.492 e. The van der Waals surface area contributed by atoms with Crippen LogP contribution in [0.4, 0.5) is 14.6 Å². The Balaban J connectivity index is 1.99. The molecule has 0 fully saturated rings. The number of rotatable bonds is 7. The number of anilines is 1. The fourth-order valence-corrected chi connectivity index (χ4v) is 4.42. The molecule has 0 aliphatic heterocycles. The van der Waals surface area contributed by atoms with E-state index in [-0.39, 0.29) is 28.5 Å². The molecular weight excluding hydrogens is 504 g/mol. The summed E-state index contributed by atoms with van der Waals surface area (Å²) in [7, 11) is 3.21. The van der Waals surface area contributed by atoms with Crippen molar-refractivity contribution in [1.82, 2.24) is 29.6 Å². The van der Waals surface area contributed by atoms with E-state index in [2.05, 4.69) is 20.1 Å². The van der Waals surface area contributed by atoms with E-state index in [1.165, 1.54) is 15.9 Å². The number of carbonyl (C=O) groups excluding carboxylic acids is 1. The number of alkyl halides is 2. The van der Waals surface area contributed by atoms with Gasteiger partial charge in [-0.15, -0.1) is 0 Å². The van der Waals surface area contributed by atoms with Crippen molar-refractivity contribution in [3.8, 4) is 16.9 Å². The van der Waals surface area contributed by atoms with Crippen molar-refractivity contribution in [1.29, 1.82) is 0 Å². The molecule has 194 valence electrons. The molecule has 9 nitrogen and oxygen atoms in total. The summed E-state index contributed by atoms with van der Waals surface area (Å²) in [4.78, 5) is 27.0. The van der Waals surface area contributed by atoms with E-state index in [4.69, 9.17) is 22.1 Å². The molecule has 4 rings (SSSR count). The van der Waals surface area contributed by atoms with Crippen LogP contribution in [0.1, 0.15) is 53.6 Å². The number of halogens is 3. The Labute approximate surface area is 217 Å². The highest BCUT2D eigenvalue weighted by molar-refractivity contribution is 6.32. The van der Waals surface area contributed by atoms with E-state index in [9.17, 15) is 13.6 Å². The number of benzene rings is 1. The van der Waals surface area contributed by atoms with Crippen LogP contribution in [0.5, 0.6) is 5.75 Å². The van der Waals surface area contributed by atoms with Gasteiger partial charge in [-0.05, 0) is 38.5 Å². The summed E-state index contributed by atoms with van der Waals surface area (Å²) in [6.07, 6.45) is -0.151. The molecule has 1 unspecified atom stereocenters. The molecule has 0 bridgehead atoms. The molecule has 0 radical (unpaired) electrons. The Morgan fingerprint density at radius 3 is 2.62 bits per heavy atom. The topological polar surface area (TPSA) is 112 Å². The molecule has 37 heavy (non-hydrogen) atoms. The number of pyridine rings is 1. The highest BCUT2D eigenvalue weighted by atomic mass is 35.5. The Kier molecular flexibility index (Phi) is 7.26. The summed E-state index contributed by atoms with van der Waals surface area (Å²) >= 11 is 6.45. The predicted molar refractivity (Wildman–Crippen MR) is 137 cm³/mol. The number of hydrogen-bond acceptors (Lipinski definition) is 7. The number of nitrogen functional groups attached to an aromatic ring is 1. The Morgan fingerprint density at radius 1 is 1.24 bits per heavy atom. The maximum absolute atomic E-state index is 13.9. The van der Waals surface area contributed by atoms with E-state index >= 15 is 0 Å². The highest BCUT2D eigenvalue weighted by Crippen LogP contribution is 2.40. The first kappa shape index (κ1) is 26.2. The standard InChI is InChI=1S/C25H26ClF2N7O2/c1-6-37-21-16(26)8-7-12(2)17(21)14-9-15(19(30-10-14)25(36)34(4)5)13(3)35-24-18(20(33-35)22(27)28)23(29)31-11-32-24/h7-11,13,22H,6H2,1-5H3,(H2,29,31,32). The van der Waals surface area contributed by atoms with Crippen molar-refractivity contribution in [3.63, 3.8) is 0 Å². The molecule has 0 aliphatic carbocycles. The van der Waals surface area contributed by atoms with Gasteiger partial charge in [0, 0.05) is 37.0 Å². The van der Waals surface area contributed by atoms with Crippen molar-refractivity contribution in [2.24, 2.45) is 0 Å². The number of amides is 1. The molecule has 1 aromatic carbocycles. The van der Waals surface area contributed by atoms with Crippen LogP contribution in [0, 0.1) is 6.92 Å². The minimum absolute atomic E-state index is 0.0294. The zero-order chi connectivity index (χ0) is 27.0. The summed E-state index contributed by atoms with van der Waals surface area (Å²) in [5, 5.41) is 4.54. The van der Waals surface area contributed by atoms with Gasteiger partial charge in [0.25, 0.3) is 12.3 Å². The molecule has 0 aliphatic rings. The monoisotopic (exact) mass is 529 g/mol. The van der Waals surface area contributed by atoms with E-state index in [1.807, 2.05) is 19.9 Å². The lowest BCUT2D eigenvalue weighted by molar-refractivity contribution is 0.0820. The van der Waals surface area contributed by atoms with E-state index < -0.39 is 18.2 Å². The van der Waals surface area contributed by atoms with Gasteiger partial charge in [-0.25, -0.2) is 23.4 Å². The lowest BCUT2D eigenvalue weighted by atomic mass is 9.96. The molecule has 1 amide bonds. The summed E-state index contributed by atoms with van der Waals surface area (Å²) in [5.41, 5.74) is 8.31. The minimum atomic E-state index is -2.90. The van der Waals surface area contributed by atoms with Crippen molar-refractivity contribution in [3.05, 3.63) is 58.3 Å². The third-order valence-corrected chi connectivity index (χ3v) is 6.29. The molecule has 0 saturated carbocycles. The molecule has 3 heterocycles. The number of fused-ring (bicyclic) bond motifs is 1. The largest absolute Gasteiger partial charge is 0.492 e. The second-order valence-corrected chi connectivity index (χ2v) is 9.03. The van der Waals surface area contributed by atoms with Crippen molar-refractivity contribution >= 4 is 34.4 Å². The normalized spacial score (nSPS) is 12.2. The molecule has 4 aromatic rings. The number of ether oxygens (including phenoxy) is 1. The van der Waals surface area contributed by atoms with E-state index in [0.29, 0.717) is 34.1 Å². The number of aryl methyl sites for hydroxylation is 1. The Morgan fingerprint density at radius 2 is 1.97 bits per heavy atom. The van der Waals surface area contributed by atoms with Crippen LogP contribution >= 0.6 is 11.6 Å². The SMILES string of the molecule is CCOc1c(Cl)ccc(C)c1-c1cnc(C(=O)N(C)C)c(C(C)n2nc(C(F)F)c3c(N)ncnc32)c1. The fourth-order valence-electron chi connectivity index (χ4n) is 4.20. The summed E-state index contributed by atoms with van der Waals surface area (Å²) in [6.45, 7) is 5.87. The first-order valence-electron chi connectivity index (χ1n) is 11.5. The maximum atomic E-state index is 13.9. The smallest absolute Gasteiger partial charge is 0.282 e. The zero-order valence-corrected chi connectivity index (χ0v) is 21.7. The number of hydrogen-bond donors (Lipinski definition) is 1. The van der Waals surface area contributed by atoms with Gasteiger partial charge in [0.15, 0.2) is 5.65 Å². The predicted octanol–water partition coefficient (Wildman–Crippen LogP) is 5.08. The van der Waals surface area contributed by atoms with Gasteiger partial charge in [-0.1, -0.05) is 17.7 Å². The van der Waals surface area contributed by atoms with Crippen LogP contribution < -0.4 is 10.5 Å². The van der Waals surface area contributed by atoms with Crippen LogP contribution in [0.15, 0.2) is 30.7 Å². The van der Waals surface area contributed by atoms with Gasteiger partial charge >= 0.3 is 0 Å². The van der Waals surface area contributed by atoms with Crippen LogP contribution in [0.3, 0.4) is 0 Å². The van der Waals surface area contributed by atoms with Crippen LogP contribution in [0.2, 0.25) is 5.02 Å². The third-order valence-electron chi connectivity index (χ3n) is 5.99. The lowest BCUT2D eigenvalue weighted by Gasteiger charge is -2.21. The lowest BCUT2D eigenvalue weighted by Crippen LogP contribution is -2.26. The van der Waals surface area contributed by atoms with Crippen LogP contribution in [-0.2, 0) is 0 Å². The number of nitrogens with zero attached hydrogens (tertiary/aromatic N) is 6. The van der Waals surface area contributed by atoms with Gasteiger partial charge in [-0.3, -0.25) is 9.78 Å². The summed E-state index contributed by atoms with van der Waals surface area (Å²) < 4.78 is 34.9. The van der Waals surface area contributed by atoms with Crippen molar-refractivity contribution < 1.29 is 18.3 Å². The van der Waals surface area contributed by atoms with Crippen molar-refractivity contribution in [2.75, 3.05) is 26.4 Å². The third kappa shape index (κ3) is 4.66. The Hall–Kier alpha value is -3.86. The molecule has 12 heteroatoms. The average Bonchev–Trinajstić information content (AvgIpc) is 3.27. The molecular formula is C25H26ClF2N7O2. The molecule has 3 aromatic heterocycles. The fraction of sp³-hybridized carbons (Fsp3) is 0.320. The van der Waals surface area contributed by atoms with Gasteiger partial charge in [-0.2, -0.15) is 5.10 Å². The molecule has 0 saturated heterocycles. The summed E-state index contributed by atoms with van der Waals surface area (Å²) in [6, 6.07) is 4.65.